The monoisotopic (exact) mass is 483 g/mol. The number of halogens is 2. The van der Waals surface area contributed by atoms with Gasteiger partial charge >= 0.3 is 0 Å². The van der Waals surface area contributed by atoms with Crippen LogP contribution < -0.4 is 9.80 Å². The van der Waals surface area contributed by atoms with Crippen LogP contribution in [0.3, 0.4) is 0 Å². The zero-order chi connectivity index (χ0) is 24.5. The summed E-state index contributed by atoms with van der Waals surface area (Å²) >= 11 is 0. The molecule has 2 fully saturated rings. The van der Waals surface area contributed by atoms with Gasteiger partial charge in [0.15, 0.2) is 0 Å². The molecule has 2 saturated heterocycles. The lowest BCUT2D eigenvalue weighted by atomic mass is 9.98. The minimum absolute atomic E-state index is 0.228. The first-order valence-corrected chi connectivity index (χ1v) is 11.6. The van der Waals surface area contributed by atoms with E-state index in [1.54, 1.807) is 18.3 Å². The lowest BCUT2D eigenvalue weighted by molar-refractivity contribution is -0.0756. The highest BCUT2D eigenvalue weighted by Gasteiger charge is 2.31. The number of amides is 1. The van der Waals surface area contributed by atoms with Crippen LogP contribution in [0.25, 0.3) is 11.0 Å². The first-order valence-electron chi connectivity index (χ1n) is 11.6. The summed E-state index contributed by atoms with van der Waals surface area (Å²) in [5.74, 6) is -0.848. The number of benzene rings is 2. The van der Waals surface area contributed by atoms with Crippen molar-refractivity contribution in [2.45, 2.75) is 18.9 Å². The minimum atomic E-state index is -0.629. The lowest BCUT2D eigenvalue weighted by Gasteiger charge is -2.30. The van der Waals surface area contributed by atoms with Gasteiger partial charge in [-0.1, -0.05) is 0 Å². The Morgan fingerprint density at radius 3 is 2.57 bits per heavy atom. The maximum absolute atomic E-state index is 14.1. The van der Waals surface area contributed by atoms with Crippen molar-refractivity contribution < 1.29 is 23.1 Å². The molecule has 1 aromatic heterocycles. The van der Waals surface area contributed by atoms with Crippen LogP contribution in [-0.4, -0.2) is 67.9 Å². The Labute approximate surface area is 202 Å². The number of carbonyl (C=O) groups is 1. The average Bonchev–Trinajstić information content (AvgIpc) is 3.36. The van der Waals surface area contributed by atoms with E-state index in [-0.39, 0.29) is 11.9 Å². The van der Waals surface area contributed by atoms with Crippen LogP contribution in [-0.2, 0) is 9.57 Å². The van der Waals surface area contributed by atoms with Gasteiger partial charge in [-0.3, -0.25) is 14.6 Å². The van der Waals surface area contributed by atoms with Gasteiger partial charge in [-0.25, -0.2) is 18.8 Å². The first kappa shape index (κ1) is 23.4. The van der Waals surface area contributed by atoms with Crippen molar-refractivity contribution in [2.75, 3.05) is 56.8 Å². The third-order valence-electron chi connectivity index (χ3n) is 6.60. The Balaban J connectivity index is 1.64. The third kappa shape index (κ3) is 4.63. The zero-order valence-electron chi connectivity index (χ0n) is 19.7. The van der Waals surface area contributed by atoms with Crippen molar-refractivity contribution in [1.29, 1.82) is 0 Å². The molecule has 184 valence electrons. The molecule has 3 heterocycles. The summed E-state index contributed by atoms with van der Waals surface area (Å²) < 4.78 is 33.6. The fourth-order valence-electron chi connectivity index (χ4n) is 4.82. The van der Waals surface area contributed by atoms with E-state index in [9.17, 15) is 13.6 Å². The molecule has 8 nitrogen and oxygen atoms in total. The van der Waals surface area contributed by atoms with Crippen LogP contribution in [0, 0.1) is 11.6 Å². The van der Waals surface area contributed by atoms with Crippen molar-refractivity contribution in [2.24, 2.45) is 0 Å². The predicted octanol–water partition coefficient (Wildman–Crippen LogP) is 3.72. The molecule has 1 amide bonds. The fraction of sp³-hybridized carbons (Fsp3) is 0.400. The van der Waals surface area contributed by atoms with Crippen LogP contribution in [0.1, 0.15) is 34.8 Å². The quantitative estimate of drug-likeness (QED) is 0.513. The number of hydroxylamine groups is 2. The Kier molecular flexibility index (Phi) is 6.48. The third-order valence-corrected chi connectivity index (χ3v) is 6.60. The minimum Gasteiger partial charge on any atom is -0.378 e. The van der Waals surface area contributed by atoms with Gasteiger partial charge < -0.3 is 14.5 Å². The summed E-state index contributed by atoms with van der Waals surface area (Å²) in [5.41, 5.74) is 2.90. The molecule has 0 radical (unpaired) electrons. The van der Waals surface area contributed by atoms with Crippen molar-refractivity contribution in [3.63, 3.8) is 0 Å². The molecule has 0 spiro atoms. The van der Waals surface area contributed by atoms with Gasteiger partial charge in [-0.05, 0) is 37.1 Å². The second-order valence-electron chi connectivity index (χ2n) is 8.73. The largest absolute Gasteiger partial charge is 0.378 e. The highest BCUT2D eigenvalue weighted by molar-refractivity contribution is 5.98. The number of rotatable bonds is 5. The van der Waals surface area contributed by atoms with Crippen LogP contribution in [0.15, 0.2) is 36.5 Å². The molecule has 35 heavy (non-hydrogen) atoms. The molecule has 0 bridgehead atoms. The van der Waals surface area contributed by atoms with E-state index in [0.29, 0.717) is 55.1 Å². The summed E-state index contributed by atoms with van der Waals surface area (Å²) in [4.78, 5) is 31.7. The van der Waals surface area contributed by atoms with Gasteiger partial charge in [0.05, 0.1) is 43.6 Å². The summed E-state index contributed by atoms with van der Waals surface area (Å²) in [6, 6.07) is 6.81. The smallest absolute Gasteiger partial charge is 0.277 e. The normalized spacial score (nSPS) is 18.3. The van der Waals surface area contributed by atoms with Crippen LogP contribution in [0.5, 0.6) is 0 Å². The summed E-state index contributed by atoms with van der Waals surface area (Å²) in [5, 5.41) is 1.15. The molecule has 3 aromatic rings. The van der Waals surface area contributed by atoms with Crippen molar-refractivity contribution in [3.05, 3.63) is 59.3 Å². The number of nitrogens with zero attached hydrogens (tertiary/aromatic N) is 5. The van der Waals surface area contributed by atoms with Crippen molar-refractivity contribution >= 4 is 28.4 Å². The summed E-state index contributed by atoms with van der Waals surface area (Å²) in [6.07, 6.45) is 3.28. The molecule has 2 aliphatic heterocycles. The second kappa shape index (κ2) is 9.71. The number of hydrogen-bond acceptors (Lipinski definition) is 7. The Bertz CT molecular complexity index is 1230. The van der Waals surface area contributed by atoms with E-state index in [4.69, 9.17) is 14.6 Å². The van der Waals surface area contributed by atoms with Gasteiger partial charge in [-0.2, -0.15) is 0 Å². The Morgan fingerprint density at radius 1 is 1.11 bits per heavy atom. The maximum atomic E-state index is 14.1. The van der Waals surface area contributed by atoms with E-state index >= 15 is 0 Å². The Hall–Kier alpha value is -3.37. The van der Waals surface area contributed by atoms with Gasteiger partial charge in [-0.15, -0.1) is 0 Å². The summed E-state index contributed by atoms with van der Waals surface area (Å²) in [6.45, 7) is 3.28. The van der Waals surface area contributed by atoms with E-state index in [1.165, 1.54) is 26.3 Å². The van der Waals surface area contributed by atoms with Gasteiger partial charge in [0.25, 0.3) is 5.91 Å². The van der Waals surface area contributed by atoms with E-state index in [2.05, 4.69) is 9.88 Å². The standard InChI is InChI=1S/C25H27F2N5O3/c1-30(34-2)25(33)16-10-20(22-4-3-5-32(22)19-13-17(26)12-18(27)14-19)24-21(11-16)28-15-23(29-24)31-6-8-35-9-7-31/h10-15,22H,3-9H2,1-2H3. The van der Waals surface area contributed by atoms with Crippen LogP contribution in [0.4, 0.5) is 20.3 Å². The second-order valence-corrected chi connectivity index (χ2v) is 8.73. The number of hydrogen-bond donors (Lipinski definition) is 0. The predicted molar refractivity (Wildman–Crippen MR) is 127 cm³/mol. The number of carbonyl (C=O) groups excluding carboxylic acids is 1. The Morgan fingerprint density at radius 2 is 1.86 bits per heavy atom. The maximum Gasteiger partial charge on any atom is 0.277 e. The zero-order valence-corrected chi connectivity index (χ0v) is 19.7. The van der Waals surface area contributed by atoms with E-state index < -0.39 is 11.6 Å². The fourth-order valence-corrected chi connectivity index (χ4v) is 4.82. The van der Waals surface area contributed by atoms with E-state index in [1.807, 2.05) is 4.90 Å². The van der Waals surface area contributed by atoms with Crippen molar-refractivity contribution in [3.8, 4) is 0 Å². The SMILES string of the molecule is CON(C)C(=O)c1cc(C2CCCN2c2cc(F)cc(F)c2)c2nc(N3CCOCC3)cnc2c1. The van der Waals surface area contributed by atoms with Crippen molar-refractivity contribution in [1.82, 2.24) is 15.0 Å². The number of morpholine rings is 1. The lowest BCUT2D eigenvalue weighted by Crippen LogP contribution is -2.36. The average molecular weight is 484 g/mol. The first-order chi connectivity index (χ1) is 16.9. The molecule has 0 N–H and O–H groups in total. The topological polar surface area (TPSA) is 71.0 Å². The highest BCUT2D eigenvalue weighted by atomic mass is 19.1. The molecule has 2 aliphatic rings. The molecule has 2 aromatic carbocycles. The van der Waals surface area contributed by atoms with Gasteiger partial charge in [0.1, 0.15) is 17.5 Å². The summed E-state index contributed by atoms with van der Waals surface area (Å²) in [7, 11) is 2.96. The molecule has 0 saturated carbocycles. The molecule has 10 heteroatoms. The molecule has 5 rings (SSSR count). The van der Waals surface area contributed by atoms with E-state index in [0.717, 1.165) is 35.4 Å². The van der Waals surface area contributed by atoms with Crippen LogP contribution >= 0.6 is 0 Å². The number of ether oxygens (including phenoxy) is 1. The number of fused-ring (bicyclic) bond motifs is 1. The highest BCUT2D eigenvalue weighted by Crippen LogP contribution is 2.40. The molecule has 1 unspecified atom stereocenters. The molecule has 1 atom stereocenters. The molecular formula is C25H27F2N5O3. The number of anilines is 2. The van der Waals surface area contributed by atoms with Crippen LogP contribution in [0.2, 0.25) is 0 Å². The van der Waals surface area contributed by atoms with Gasteiger partial charge in [0.2, 0.25) is 0 Å². The number of aromatic nitrogens is 2. The molecular weight excluding hydrogens is 456 g/mol. The molecule has 0 aliphatic carbocycles. The van der Waals surface area contributed by atoms with Gasteiger partial charge in [0, 0.05) is 49.6 Å².